The van der Waals surface area contributed by atoms with E-state index < -0.39 is 34.6 Å². The smallest absolute Gasteiger partial charge is 0.324 e. The van der Waals surface area contributed by atoms with Crippen molar-refractivity contribution in [1.82, 2.24) is 9.88 Å². The Hall–Kier alpha value is -2.67. The third-order valence-electron chi connectivity index (χ3n) is 3.86. The molecule has 1 saturated heterocycles. The Morgan fingerprint density at radius 3 is 2.39 bits per heavy atom. The molecular formula is C15H13F3N4O4S2. The Morgan fingerprint density at radius 2 is 1.86 bits per heavy atom. The van der Waals surface area contributed by atoms with E-state index in [2.05, 4.69) is 9.71 Å². The normalized spacial score (nSPS) is 15.6. The molecule has 1 aromatic heterocycles. The van der Waals surface area contributed by atoms with E-state index in [4.69, 9.17) is 0 Å². The Labute approximate surface area is 161 Å². The number of carbonyl (C=O) groups excluding carboxylic acids is 2. The average molecular weight is 434 g/mol. The minimum Gasteiger partial charge on any atom is -0.324 e. The number of halogens is 3. The number of sulfonamides is 1. The van der Waals surface area contributed by atoms with E-state index in [0.717, 1.165) is 11.3 Å². The maximum atomic E-state index is 12.5. The zero-order valence-electron chi connectivity index (χ0n) is 14.0. The van der Waals surface area contributed by atoms with Crippen molar-refractivity contribution in [3.8, 4) is 0 Å². The Bertz CT molecular complexity index is 976. The topological polar surface area (TPSA) is 99.7 Å². The first kappa shape index (κ1) is 20.1. The van der Waals surface area contributed by atoms with E-state index in [0.29, 0.717) is 10.6 Å². The quantitative estimate of drug-likeness (QED) is 0.790. The van der Waals surface area contributed by atoms with Gasteiger partial charge < -0.3 is 9.80 Å². The van der Waals surface area contributed by atoms with Gasteiger partial charge >= 0.3 is 12.1 Å². The molecule has 0 unspecified atom stereocenters. The van der Waals surface area contributed by atoms with Gasteiger partial charge in [-0.25, -0.2) is 13.4 Å². The lowest BCUT2D eigenvalue weighted by Gasteiger charge is -2.34. The van der Waals surface area contributed by atoms with Crippen LogP contribution < -0.4 is 9.62 Å². The number of nitrogens with one attached hydrogen (secondary N) is 1. The van der Waals surface area contributed by atoms with E-state index >= 15 is 0 Å². The number of carbonyl (C=O) groups is 2. The second kappa shape index (κ2) is 7.39. The molecule has 0 bridgehead atoms. The minimum atomic E-state index is -5.04. The van der Waals surface area contributed by atoms with Gasteiger partial charge in [0.1, 0.15) is 6.54 Å². The van der Waals surface area contributed by atoms with Crippen LogP contribution in [0.5, 0.6) is 0 Å². The zero-order chi connectivity index (χ0) is 20.5. The number of amides is 2. The number of thiazole rings is 1. The van der Waals surface area contributed by atoms with Crippen molar-refractivity contribution in [3.05, 3.63) is 35.8 Å². The number of alkyl halides is 3. The Balaban J connectivity index is 1.70. The fourth-order valence-corrected chi connectivity index (χ4v) is 4.34. The summed E-state index contributed by atoms with van der Waals surface area (Å²) in [4.78, 5) is 28.8. The summed E-state index contributed by atoms with van der Waals surface area (Å²) >= 11 is 1.11. The lowest BCUT2D eigenvalue weighted by molar-refractivity contribution is -0.186. The molecule has 1 aromatic carbocycles. The largest absolute Gasteiger partial charge is 0.471 e. The first-order chi connectivity index (χ1) is 13.1. The number of rotatable bonds is 4. The fourth-order valence-electron chi connectivity index (χ4n) is 2.55. The number of aromatic nitrogens is 1. The first-order valence-electron chi connectivity index (χ1n) is 7.77. The molecule has 8 nitrogen and oxygen atoms in total. The van der Waals surface area contributed by atoms with E-state index in [9.17, 15) is 31.2 Å². The highest BCUT2D eigenvalue weighted by molar-refractivity contribution is 7.93. The van der Waals surface area contributed by atoms with Crippen molar-refractivity contribution in [1.29, 1.82) is 0 Å². The SMILES string of the molecule is O=C1CN(C(=O)C(F)(F)F)CCN1c1ccc(S(=O)(=O)Nc2nccs2)cc1. The number of benzene rings is 1. The predicted octanol–water partition coefficient (Wildman–Crippen LogP) is 1.68. The van der Waals surface area contributed by atoms with Crippen molar-refractivity contribution < 1.29 is 31.2 Å². The maximum Gasteiger partial charge on any atom is 0.471 e. The second-order valence-electron chi connectivity index (χ2n) is 5.71. The molecule has 2 aromatic rings. The second-order valence-corrected chi connectivity index (χ2v) is 8.28. The molecule has 2 amide bonds. The lowest BCUT2D eigenvalue weighted by Crippen LogP contribution is -2.55. The van der Waals surface area contributed by atoms with E-state index in [1.54, 1.807) is 5.38 Å². The number of nitrogens with zero attached hydrogens (tertiary/aromatic N) is 3. The number of piperazine rings is 1. The summed E-state index contributed by atoms with van der Waals surface area (Å²) in [5, 5.41) is 1.81. The molecule has 0 aliphatic carbocycles. The van der Waals surface area contributed by atoms with Gasteiger partial charge in [0.25, 0.3) is 10.0 Å². The van der Waals surface area contributed by atoms with E-state index in [-0.39, 0.29) is 23.1 Å². The molecule has 13 heteroatoms. The van der Waals surface area contributed by atoms with Crippen molar-refractivity contribution in [3.63, 3.8) is 0 Å². The standard InChI is InChI=1S/C15H13F3N4O4S2/c16-15(17,18)13(24)21-6-7-22(12(23)9-21)10-1-3-11(4-2-10)28(25,26)20-14-19-5-8-27-14/h1-5,8H,6-7,9H2,(H,19,20). The lowest BCUT2D eigenvalue weighted by atomic mass is 10.2. The van der Waals surface area contributed by atoms with Gasteiger partial charge in [0.15, 0.2) is 5.13 Å². The van der Waals surface area contributed by atoms with E-state index in [1.807, 2.05) is 0 Å². The summed E-state index contributed by atoms with van der Waals surface area (Å²) in [6, 6.07) is 5.28. The summed E-state index contributed by atoms with van der Waals surface area (Å²) in [6.07, 6.45) is -3.59. The Kier molecular flexibility index (Phi) is 5.30. The monoisotopic (exact) mass is 434 g/mol. The van der Waals surface area contributed by atoms with Gasteiger partial charge in [-0.15, -0.1) is 11.3 Å². The fraction of sp³-hybridized carbons (Fsp3) is 0.267. The molecule has 150 valence electrons. The summed E-state index contributed by atoms with van der Waals surface area (Å²) in [6.45, 7) is -1.12. The molecule has 0 saturated carbocycles. The molecule has 3 rings (SSSR count). The summed E-state index contributed by atoms with van der Waals surface area (Å²) in [5.74, 6) is -2.75. The molecule has 2 heterocycles. The molecule has 28 heavy (non-hydrogen) atoms. The predicted molar refractivity (Wildman–Crippen MR) is 94.4 cm³/mol. The number of anilines is 2. The number of hydrogen-bond donors (Lipinski definition) is 1. The van der Waals surface area contributed by atoms with Crippen LogP contribution in [0, 0.1) is 0 Å². The van der Waals surface area contributed by atoms with Crippen molar-refractivity contribution in [2.45, 2.75) is 11.1 Å². The van der Waals surface area contributed by atoms with Crippen LogP contribution in [0.25, 0.3) is 0 Å². The van der Waals surface area contributed by atoms with Crippen LogP contribution in [0.4, 0.5) is 24.0 Å². The van der Waals surface area contributed by atoms with Crippen LogP contribution in [0.15, 0.2) is 40.7 Å². The number of hydrogen-bond acceptors (Lipinski definition) is 6. The van der Waals surface area contributed by atoms with Crippen LogP contribution >= 0.6 is 11.3 Å². The zero-order valence-corrected chi connectivity index (χ0v) is 15.6. The minimum absolute atomic E-state index is 0.0650. The van der Waals surface area contributed by atoms with E-state index in [1.165, 1.54) is 35.4 Å². The van der Waals surface area contributed by atoms with Gasteiger partial charge in [0.05, 0.1) is 4.90 Å². The van der Waals surface area contributed by atoms with Gasteiger partial charge in [0.2, 0.25) is 5.91 Å². The molecule has 1 aliphatic heterocycles. The van der Waals surface area contributed by atoms with Gasteiger partial charge in [-0.1, -0.05) is 0 Å². The highest BCUT2D eigenvalue weighted by Gasteiger charge is 2.44. The maximum absolute atomic E-state index is 12.5. The van der Waals surface area contributed by atoms with Gasteiger partial charge in [-0.2, -0.15) is 13.2 Å². The van der Waals surface area contributed by atoms with Crippen molar-refractivity contribution in [2.75, 3.05) is 29.3 Å². The van der Waals surface area contributed by atoms with Crippen molar-refractivity contribution in [2.24, 2.45) is 0 Å². The summed E-state index contributed by atoms with van der Waals surface area (Å²) in [5.41, 5.74) is 0.317. The van der Waals surface area contributed by atoms with Gasteiger partial charge in [-0.05, 0) is 24.3 Å². The van der Waals surface area contributed by atoms with Crippen LogP contribution in [0.1, 0.15) is 0 Å². The highest BCUT2D eigenvalue weighted by atomic mass is 32.2. The van der Waals surface area contributed by atoms with Crippen LogP contribution in [-0.4, -0.2) is 55.9 Å². The first-order valence-corrected chi connectivity index (χ1v) is 10.1. The molecule has 1 aliphatic rings. The van der Waals surface area contributed by atoms with Crippen LogP contribution in [0.2, 0.25) is 0 Å². The average Bonchev–Trinajstić information content (AvgIpc) is 3.12. The Morgan fingerprint density at radius 1 is 1.18 bits per heavy atom. The molecule has 1 N–H and O–H groups in total. The summed E-state index contributed by atoms with van der Waals surface area (Å²) in [7, 11) is -3.86. The van der Waals surface area contributed by atoms with Crippen molar-refractivity contribution >= 4 is 44.0 Å². The van der Waals surface area contributed by atoms with Crippen LogP contribution in [-0.2, 0) is 19.6 Å². The third kappa shape index (κ3) is 4.25. The van der Waals surface area contributed by atoms with Gasteiger partial charge in [0, 0.05) is 30.4 Å². The highest BCUT2D eigenvalue weighted by Crippen LogP contribution is 2.24. The molecule has 0 radical (unpaired) electrons. The summed E-state index contributed by atoms with van der Waals surface area (Å²) < 4.78 is 64.3. The van der Waals surface area contributed by atoms with Crippen LogP contribution in [0.3, 0.4) is 0 Å². The third-order valence-corrected chi connectivity index (χ3v) is 6.04. The molecule has 0 atom stereocenters. The molecule has 0 spiro atoms. The molecular weight excluding hydrogens is 421 g/mol. The van der Waals surface area contributed by atoms with Gasteiger partial charge in [-0.3, -0.25) is 14.3 Å². The molecule has 1 fully saturated rings.